The first-order chi connectivity index (χ1) is 11.2. The Balaban J connectivity index is 1.95. The summed E-state index contributed by atoms with van der Waals surface area (Å²) in [7, 11) is 0. The lowest BCUT2D eigenvalue weighted by molar-refractivity contribution is 0.503. The molecule has 2 aromatic rings. The standard InChI is InChI=1S/C17H26N6/c1-4-18-17(21-11-15-7-5-6-8-19-15)22-12-16-20-9-10-23(16)13-14(2)3/h5-10,14H,4,11-13H2,1-3H3,(H2,18,21,22). The van der Waals surface area contributed by atoms with Gasteiger partial charge in [-0.1, -0.05) is 19.9 Å². The van der Waals surface area contributed by atoms with Crippen LogP contribution in [-0.4, -0.2) is 27.0 Å². The Kier molecular flexibility index (Phi) is 6.59. The molecule has 0 aliphatic rings. The van der Waals surface area contributed by atoms with Crippen LogP contribution in [0.25, 0.3) is 0 Å². The first kappa shape index (κ1) is 17.0. The summed E-state index contributed by atoms with van der Waals surface area (Å²) in [5.74, 6) is 2.38. The van der Waals surface area contributed by atoms with Crippen molar-refractivity contribution in [1.29, 1.82) is 0 Å². The number of rotatable bonds is 7. The van der Waals surface area contributed by atoms with E-state index in [2.05, 4.69) is 50.9 Å². The average molecular weight is 314 g/mol. The van der Waals surface area contributed by atoms with Crippen molar-refractivity contribution in [3.8, 4) is 0 Å². The van der Waals surface area contributed by atoms with Crippen LogP contribution >= 0.6 is 0 Å². The van der Waals surface area contributed by atoms with Crippen molar-refractivity contribution in [3.63, 3.8) is 0 Å². The van der Waals surface area contributed by atoms with Crippen molar-refractivity contribution >= 4 is 5.96 Å². The normalized spacial score (nSPS) is 11.7. The third kappa shape index (κ3) is 5.73. The molecule has 0 aromatic carbocycles. The maximum Gasteiger partial charge on any atom is 0.192 e. The van der Waals surface area contributed by atoms with E-state index in [9.17, 15) is 0 Å². The predicted octanol–water partition coefficient (Wildman–Crippen LogP) is 2.19. The van der Waals surface area contributed by atoms with Gasteiger partial charge in [-0.2, -0.15) is 0 Å². The molecule has 0 aliphatic heterocycles. The number of hydrogen-bond acceptors (Lipinski definition) is 3. The van der Waals surface area contributed by atoms with Gasteiger partial charge in [-0.3, -0.25) is 4.98 Å². The fraction of sp³-hybridized carbons (Fsp3) is 0.471. The highest BCUT2D eigenvalue weighted by molar-refractivity contribution is 5.79. The number of aromatic nitrogens is 3. The van der Waals surface area contributed by atoms with Crippen LogP contribution in [0.3, 0.4) is 0 Å². The van der Waals surface area contributed by atoms with E-state index in [4.69, 9.17) is 0 Å². The highest BCUT2D eigenvalue weighted by Gasteiger charge is 2.06. The monoisotopic (exact) mass is 314 g/mol. The highest BCUT2D eigenvalue weighted by atomic mass is 15.2. The highest BCUT2D eigenvalue weighted by Crippen LogP contribution is 2.03. The van der Waals surface area contributed by atoms with Crippen LogP contribution in [0.2, 0.25) is 0 Å². The number of aliphatic imine (C=N–C) groups is 1. The molecule has 2 N–H and O–H groups in total. The minimum Gasteiger partial charge on any atom is -0.357 e. The maximum atomic E-state index is 4.57. The Morgan fingerprint density at radius 3 is 2.78 bits per heavy atom. The van der Waals surface area contributed by atoms with Gasteiger partial charge in [-0.25, -0.2) is 9.98 Å². The topological polar surface area (TPSA) is 67.1 Å². The van der Waals surface area contributed by atoms with E-state index in [-0.39, 0.29) is 0 Å². The van der Waals surface area contributed by atoms with Gasteiger partial charge in [0.2, 0.25) is 0 Å². The van der Waals surface area contributed by atoms with Crippen molar-refractivity contribution in [2.75, 3.05) is 6.54 Å². The van der Waals surface area contributed by atoms with Crippen LogP contribution in [0.4, 0.5) is 0 Å². The summed E-state index contributed by atoms with van der Waals surface area (Å²) >= 11 is 0. The molecule has 0 spiro atoms. The molecule has 2 heterocycles. The van der Waals surface area contributed by atoms with E-state index in [1.165, 1.54) is 0 Å². The third-order valence-electron chi connectivity index (χ3n) is 3.25. The molecule has 0 amide bonds. The summed E-state index contributed by atoms with van der Waals surface area (Å²) in [4.78, 5) is 13.3. The molecule has 6 nitrogen and oxygen atoms in total. The van der Waals surface area contributed by atoms with Gasteiger partial charge >= 0.3 is 0 Å². The minimum absolute atomic E-state index is 0.552. The summed E-state index contributed by atoms with van der Waals surface area (Å²) in [5.41, 5.74) is 0.950. The Morgan fingerprint density at radius 2 is 2.09 bits per heavy atom. The largest absolute Gasteiger partial charge is 0.357 e. The zero-order valence-electron chi connectivity index (χ0n) is 14.2. The van der Waals surface area contributed by atoms with Crippen molar-refractivity contribution in [1.82, 2.24) is 25.2 Å². The van der Waals surface area contributed by atoms with Gasteiger partial charge in [0.1, 0.15) is 5.82 Å². The molecular formula is C17H26N6. The summed E-state index contributed by atoms with van der Waals surface area (Å²) in [6, 6.07) is 5.86. The molecule has 0 radical (unpaired) electrons. The van der Waals surface area contributed by atoms with Crippen LogP contribution in [0.1, 0.15) is 32.3 Å². The molecule has 0 saturated carbocycles. The number of nitrogens with zero attached hydrogens (tertiary/aromatic N) is 4. The number of nitrogens with one attached hydrogen (secondary N) is 2. The molecule has 0 saturated heterocycles. The fourth-order valence-corrected chi connectivity index (χ4v) is 2.22. The second-order valence-corrected chi connectivity index (χ2v) is 5.76. The van der Waals surface area contributed by atoms with Crippen molar-refractivity contribution < 1.29 is 0 Å². The zero-order valence-corrected chi connectivity index (χ0v) is 14.2. The number of guanidine groups is 1. The van der Waals surface area contributed by atoms with E-state index >= 15 is 0 Å². The van der Waals surface area contributed by atoms with Gasteiger partial charge in [0.05, 0.1) is 18.8 Å². The van der Waals surface area contributed by atoms with Gasteiger partial charge < -0.3 is 15.2 Å². The molecule has 6 heteroatoms. The minimum atomic E-state index is 0.552. The summed E-state index contributed by atoms with van der Waals surface area (Å²) < 4.78 is 2.18. The van der Waals surface area contributed by atoms with Gasteiger partial charge in [0.15, 0.2) is 5.96 Å². The van der Waals surface area contributed by atoms with Gasteiger partial charge in [-0.15, -0.1) is 0 Å². The van der Waals surface area contributed by atoms with E-state index in [1.807, 2.05) is 30.6 Å². The molecule has 23 heavy (non-hydrogen) atoms. The van der Waals surface area contributed by atoms with Crippen LogP contribution in [-0.2, 0) is 19.6 Å². The Hall–Kier alpha value is -2.37. The molecule has 0 fully saturated rings. The van der Waals surface area contributed by atoms with Gasteiger partial charge in [0, 0.05) is 31.7 Å². The van der Waals surface area contributed by atoms with Crippen LogP contribution < -0.4 is 10.6 Å². The molecule has 0 aliphatic carbocycles. The quantitative estimate of drug-likeness (QED) is 0.607. The lowest BCUT2D eigenvalue weighted by atomic mass is 10.2. The van der Waals surface area contributed by atoms with Crippen LogP contribution in [0.5, 0.6) is 0 Å². The molecule has 124 valence electrons. The third-order valence-corrected chi connectivity index (χ3v) is 3.25. The summed E-state index contributed by atoms with van der Waals surface area (Å²) in [5, 5.41) is 6.58. The second kappa shape index (κ2) is 8.92. The predicted molar refractivity (Wildman–Crippen MR) is 93.0 cm³/mol. The maximum absolute atomic E-state index is 4.57. The fourth-order valence-electron chi connectivity index (χ4n) is 2.22. The Labute approximate surface area is 138 Å². The smallest absolute Gasteiger partial charge is 0.192 e. The van der Waals surface area contributed by atoms with Crippen molar-refractivity contribution in [2.24, 2.45) is 10.9 Å². The molecule has 0 bridgehead atoms. The Bertz CT molecular complexity index is 603. The zero-order chi connectivity index (χ0) is 16.5. The van der Waals surface area contributed by atoms with Gasteiger partial charge in [0.25, 0.3) is 0 Å². The van der Waals surface area contributed by atoms with Gasteiger partial charge in [-0.05, 0) is 25.0 Å². The van der Waals surface area contributed by atoms with E-state index in [0.717, 1.165) is 30.6 Å². The molecule has 2 rings (SSSR count). The average Bonchev–Trinajstić information content (AvgIpc) is 2.97. The van der Waals surface area contributed by atoms with Crippen molar-refractivity contribution in [3.05, 3.63) is 48.3 Å². The number of pyridine rings is 1. The van der Waals surface area contributed by atoms with E-state index in [0.29, 0.717) is 19.0 Å². The summed E-state index contributed by atoms with van der Waals surface area (Å²) in [6.07, 6.45) is 5.65. The van der Waals surface area contributed by atoms with E-state index < -0.39 is 0 Å². The van der Waals surface area contributed by atoms with Crippen LogP contribution in [0, 0.1) is 5.92 Å². The SMILES string of the molecule is CCNC(=NCc1ccccn1)NCc1nccn1CC(C)C. The molecule has 0 unspecified atom stereocenters. The van der Waals surface area contributed by atoms with Crippen LogP contribution in [0.15, 0.2) is 41.8 Å². The number of hydrogen-bond donors (Lipinski definition) is 2. The molecule has 0 atom stereocenters. The lowest BCUT2D eigenvalue weighted by Crippen LogP contribution is -2.37. The first-order valence-corrected chi connectivity index (χ1v) is 8.11. The van der Waals surface area contributed by atoms with E-state index in [1.54, 1.807) is 6.20 Å². The van der Waals surface area contributed by atoms with Crippen molar-refractivity contribution in [2.45, 2.75) is 40.4 Å². The summed E-state index contributed by atoms with van der Waals surface area (Å²) in [6.45, 7) is 9.44. The molecular weight excluding hydrogens is 288 g/mol. The first-order valence-electron chi connectivity index (χ1n) is 8.11. The Morgan fingerprint density at radius 1 is 1.22 bits per heavy atom. The second-order valence-electron chi connectivity index (χ2n) is 5.76. The lowest BCUT2D eigenvalue weighted by Gasteiger charge is -2.13. The molecule has 2 aromatic heterocycles. The number of imidazole rings is 1.